The first-order valence-electron chi connectivity index (χ1n) is 9.72. The van der Waals surface area contributed by atoms with Crippen molar-refractivity contribution < 1.29 is 14.3 Å². The number of nitrogens with zero attached hydrogens (tertiary/aromatic N) is 2. The summed E-state index contributed by atoms with van der Waals surface area (Å²) in [5, 5.41) is 6.44. The lowest BCUT2D eigenvalue weighted by Crippen LogP contribution is -2.40. The normalized spacial score (nSPS) is 13.8. The van der Waals surface area contributed by atoms with Crippen molar-refractivity contribution in [1.82, 2.24) is 9.88 Å². The fourth-order valence-electron chi connectivity index (χ4n) is 2.98. The summed E-state index contributed by atoms with van der Waals surface area (Å²) in [6, 6.07) is 9.23. The van der Waals surface area contributed by atoms with Crippen LogP contribution < -0.4 is 10.6 Å². The molecular weight excluding hydrogens is 392 g/mol. The van der Waals surface area contributed by atoms with Crippen molar-refractivity contribution in [2.24, 2.45) is 0 Å². The van der Waals surface area contributed by atoms with Gasteiger partial charge in [-0.3, -0.25) is 9.59 Å². The minimum absolute atomic E-state index is 0.0149. The number of nitrogens with one attached hydrogen (secondary N) is 2. The minimum Gasteiger partial charge on any atom is -0.378 e. The summed E-state index contributed by atoms with van der Waals surface area (Å²) in [5.74, 6) is 0.446. The Bertz CT molecular complexity index is 852. The van der Waals surface area contributed by atoms with Crippen LogP contribution in [0.15, 0.2) is 36.5 Å². The number of anilines is 2. The quantitative estimate of drug-likeness (QED) is 0.721. The number of hydrogen-bond donors (Lipinski definition) is 2. The lowest BCUT2D eigenvalue weighted by molar-refractivity contribution is -0.116. The van der Waals surface area contributed by atoms with Gasteiger partial charge in [-0.2, -0.15) is 0 Å². The zero-order chi connectivity index (χ0) is 20.6. The summed E-state index contributed by atoms with van der Waals surface area (Å²) >= 11 is 6.32. The Morgan fingerprint density at radius 2 is 1.93 bits per heavy atom. The zero-order valence-electron chi connectivity index (χ0n) is 16.4. The number of benzene rings is 1. The van der Waals surface area contributed by atoms with E-state index in [9.17, 15) is 9.59 Å². The highest BCUT2D eigenvalue weighted by Gasteiger charge is 2.19. The van der Waals surface area contributed by atoms with Crippen LogP contribution in [0, 0.1) is 0 Å². The van der Waals surface area contributed by atoms with E-state index in [2.05, 4.69) is 15.6 Å². The highest BCUT2D eigenvalue weighted by molar-refractivity contribution is 6.33. The van der Waals surface area contributed by atoms with Gasteiger partial charge in [0.1, 0.15) is 5.82 Å². The van der Waals surface area contributed by atoms with Crippen LogP contribution >= 0.6 is 11.6 Å². The number of rotatable bonds is 7. The topological polar surface area (TPSA) is 83.6 Å². The zero-order valence-corrected chi connectivity index (χ0v) is 17.2. The summed E-state index contributed by atoms with van der Waals surface area (Å²) in [6.45, 7) is 4.74. The van der Waals surface area contributed by atoms with Crippen molar-refractivity contribution in [1.29, 1.82) is 0 Å². The molecule has 154 valence electrons. The number of morpholine rings is 1. The molecule has 1 saturated heterocycles. The maximum Gasteiger partial charge on any atom is 0.255 e. The smallest absolute Gasteiger partial charge is 0.255 e. The molecule has 0 radical (unpaired) electrons. The van der Waals surface area contributed by atoms with E-state index in [0.717, 1.165) is 17.7 Å². The molecule has 0 atom stereocenters. The van der Waals surface area contributed by atoms with Gasteiger partial charge in [0.25, 0.3) is 5.91 Å². The molecule has 7 nitrogen and oxygen atoms in total. The fourth-order valence-corrected chi connectivity index (χ4v) is 3.21. The second-order valence-electron chi connectivity index (χ2n) is 6.81. The maximum absolute atomic E-state index is 12.5. The molecule has 0 spiro atoms. The standard InChI is InChI=1S/C21H25ClN4O3/c1-2-3-19(27)25-17-6-4-15(5-7-17)13-23-20-18(22)12-16(14-24-20)21(28)26-8-10-29-11-9-26/h4-7,12,14H,2-3,8-11,13H2,1H3,(H,23,24)(H,25,27). The van der Waals surface area contributed by atoms with Crippen LogP contribution in [0.5, 0.6) is 0 Å². The van der Waals surface area contributed by atoms with Crippen molar-refractivity contribution in [3.8, 4) is 0 Å². The van der Waals surface area contributed by atoms with Gasteiger partial charge in [0.15, 0.2) is 0 Å². The SMILES string of the molecule is CCCC(=O)Nc1ccc(CNc2ncc(C(=O)N3CCOCC3)cc2Cl)cc1. The molecule has 1 fully saturated rings. The molecule has 2 N–H and O–H groups in total. The molecule has 2 heterocycles. The maximum atomic E-state index is 12.5. The first-order chi connectivity index (χ1) is 14.1. The average Bonchev–Trinajstić information content (AvgIpc) is 2.74. The van der Waals surface area contributed by atoms with Crippen LogP contribution in [0.4, 0.5) is 11.5 Å². The van der Waals surface area contributed by atoms with Gasteiger partial charge in [-0.05, 0) is 30.2 Å². The molecule has 29 heavy (non-hydrogen) atoms. The minimum atomic E-state index is -0.0880. The molecule has 1 aliphatic rings. The molecule has 2 amide bonds. The third-order valence-electron chi connectivity index (χ3n) is 4.56. The van der Waals surface area contributed by atoms with Crippen LogP contribution in [0.3, 0.4) is 0 Å². The Morgan fingerprint density at radius 3 is 2.59 bits per heavy atom. The summed E-state index contributed by atoms with van der Waals surface area (Å²) in [5.41, 5.74) is 2.26. The van der Waals surface area contributed by atoms with Gasteiger partial charge in [-0.25, -0.2) is 4.98 Å². The average molecular weight is 417 g/mol. The van der Waals surface area contributed by atoms with Gasteiger partial charge < -0.3 is 20.3 Å². The van der Waals surface area contributed by atoms with E-state index in [-0.39, 0.29) is 11.8 Å². The van der Waals surface area contributed by atoms with Gasteiger partial charge in [-0.1, -0.05) is 30.7 Å². The molecule has 8 heteroatoms. The van der Waals surface area contributed by atoms with E-state index in [4.69, 9.17) is 16.3 Å². The van der Waals surface area contributed by atoms with Crippen LogP contribution in [-0.4, -0.2) is 48.0 Å². The molecule has 0 aliphatic carbocycles. The van der Waals surface area contributed by atoms with Crippen molar-refractivity contribution in [3.05, 3.63) is 52.7 Å². The number of pyridine rings is 1. The van der Waals surface area contributed by atoms with E-state index < -0.39 is 0 Å². The van der Waals surface area contributed by atoms with Gasteiger partial charge >= 0.3 is 0 Å². The molecule has 2 aromatic rings. The second-order valence-corrected chi connectivity index (χ2v) is 7.21. The Labute approximate surface area is 175 Å². The van der Waals surface area contributed by atoms with E-state index >= 15 is 0 Å². The molecule has 1 aliphatic heterocycles. The molecule has 0 unspecified atom stereocenters. The van der Waals surface area contributed by atoms with Crippen molar-refractivity contribution in [2.75, 3.05) is 36.9 Å². The molecule has 1 aromatic carbocycles. The summed E-state index contributed by atoms with van der Waals surface area (Å²) in [7, 11) is 0. The third-order valence-corrected chi connectivity index (χ3v) is 4.85. The van der Waals surface area contributed by atoms with Crippen molar-refractivity contribution >= 4 is 34.9 Å². The molecule has 1 aromatic heterocycles. The van der Waals surface area contributed by atoms with Gasteiger partial charge in [0.2, 0.25) is 5.91 Å². The van der Waals surface area contributed by atoms with Crippen LogP contribution in [0.25, 0.3) is 0 Å². The predicted octanol–water partition coefficient (Wildman–Crippen LogP) is 3.56. The first kappa shape index (κ1) is 21.1. The Morgan fingerprint density at radius 1 is 1.21 bits per heavy atom. The highest BCUT2D eigenvalue weighted by Crippen LogP contribution is 2.22. The van der Waals surface area contributed by atoms with Crippen LogP contribution in [0.2, 0.25) is 5.02 Å². The third kappa shape index (κ3) is 5.92. The summed E-state index contributed by atoms with van der Waals surface area (Å²) < 4.78 is 5.27. The van der Waals surface area contributed by atoms with E-state index in [0.29, 0.717) is 55.7 Å². The molecule has 3 rings (SSSR count). The first-order valence-corrected chi connectivity index (χ1v) is 10.1. The molecule has 0 bridgehead atoms. The Kier molecular flexibility index (Phi) is 7.43. The number of ether oxygens (including phenoxy) is 1. The number of halogens is 1. The number of carbonyl (C=O) groups is 2. The number of carbonyl (C=O) groups excluding carboxylic acids is 2. The highest BCUT2D eigenvalue weighted by atomic mass is 35.5. The summed E-state index contributed by atoms with van der Waals surface area (Å²) in [6.07, 6.45) is 2.87. The van der Waals surface area contributed by atoms with Crippen LogP contribution in [0.1, 0.15) is 35.7 Å². The van der Waals surface area contributed by atoms with Gasteiger partial charge in [-0.15, -0.1) is 0 Å². The van der Waals surface area contributed by atoms with Gasteiger partial charge in [0.05, 0.1) is 23.8 Å². The molecule has 0 saturated carbocycles. The number of aromatic nitrogens is 1. The van der Waals surface area contributed by atoms with Crippen molar-refractivity contribution in [2.45, 2.75) is 26.3 Å². The van der Waals surface area contributed by atoms with Gasteiger partial charge in [0, 0.05) is 37.9 Å². The lowest BCUT2D eigenvalue weighted by atomic mass is 10.2. The largest absolute Gasteiger partial charge is 0.378 e. The van der Waals surface area contributed by atoms with E-state index in [1.165, 1.54) is 0 Å². The summed E-state index contributed by atoms with van der Waals surface area (Å²) in [4.78, 5) is 30.2. The fraction of sp³-hybridized carbons (Fsp3) is 0.381. The second kappa shape index (κ2) is 10.2. The predicted molar refractivity (Wildman–Crippen MR) is 113 cm³/mol. The number of hydrogen-bond acceptors (Lipinski definition) is 5. The van der Waals surface area contributed by atoms with E-state index in [1.54, 1.807) is 17.2 Å². The van der Waals surface area contributed by atoms with Crippen molar-refractivity contribution in [3.63, 3.8) is 0 Å². The lowest BCUT2D eigenvalue weighted by Gasteiger charge is -2.26. The number of amides is 2. The molecular formula is C21H25ClN4O3. The monoisotopic (exact) mass is 416 g/mol. The Hall–Kier alpha value is -2.64. The van der Waals surface area contributed by atoms with Crippen LogP contribution in [-0.2, 0) is 16.1 Å². The van der Waals surface area contributed by atoms with E-state index in [1.807, 2.05) is 31.2 Å². The Balaban J connectivity index is 1.56.